The van der Waals surface area contributed by atoms with Crippen LogP contribution in [0, 0.1) is 18.6 Å². The molecule has 0 aliphatic heterocycles. The summed E-state index contributed by atoms with van der Waals surface area (Å²) in [5.41, 5.74) is -1.89. The summed E-state index contributed by atoms with van der Waals surface area (Å²) in [4.78, 5) is 3.74. The van der Waals surface area contributed by atoms with Crippen molar-refractivity contribution in [2.45, 2.75) is 19.7 Å². The number of halogens is 7. The molecule has 0 bridgehead atoms. The van der Waals surface area contributed by atoms with Crippen LogP contribution < -0.4 is 9.47 Å². The number of hydrogen-bond donors (Lipinski definition) is 0. The Labute approximate surface area is 165 Å². The van der Waals surface area contributed by atoms with Gasteiger partial charge in [-0.05, 0) is 31.2 Å². The molecule has 0 radical (unpaired) electrons. The van der Waals surface area contributed by atoms with Crippen LogP contribution in [0.5, 0.6) is 17.4 Å². The molecule has 30 heavy (non-hydrogen) atoms. The van der Waals surface area contributed by atoms with E-state index in [0.29, 0.717) is 0 Å². The van der Waals surface area contributed by atoms with Crippen LogP contribution in [0.4, 0.5) is 30.7 Å². The van der Waals surface area contributed by atoms with E-state index in [-0.39, 0.29) is 17.1 Å². The Bertz CT molecular complexity index is 1050. The smallest absolute Gasteiger partial charge is 0.416 e. The molecule has 0 saturated heterocycles. The van der Waals surface area contributed by atoms with Gasteiger partial charge < -0.3 is 9.47 Å². The van der Waals surface area contributed by atoms with Crippen LogP contribution in [0.1, 0.15) is 11.1 Å². The highest BCUT2D eigenvalue weighted by molar-refractivity contribution is 5.62. The van der Waals surface area contributed by atoms with Crippen LogP contribution in [-0.4, -0.2) is 11.6 Å². The van der Waals surface area contributed by atoms with Crippen LogP contribution in [0.3, 0.4) is 0 Å². The summed E-state index contributed by atoms with van der Waals surface area (Å²) in [5.74, 6) is -3.29. The summed E-state index contributed by atoms with van der Waals surface area (Å²) < 4.78 is 101. The zero-order chi connectivity index (χ0) is 22.1. The molecular formula is C20H12F7NO2. The quantitative estimate of drug-likeness (QED) is 0.419. The Morgan fingerprint density at radius 1 is 0.900 bits per heavy atom. The third-order valence-electron chi connectivity index (χ3n) is 4.00. The van der Waals surface area contributed by atoms with E-state index < -0.39 is 47.1 Å². The third kappa shape index (κ3) is 4.64. The van der Waals surface area contributed by atoms with Crippen molar-refractivity contribution in [3.8, 4) is 28.6 Å². The molecule has 3 rings (SSSR count). The van der Waals surface area contributed by atoms with Crippen molar-refractivity contribution < 1.29 is 40.2 Å². The number of aromatic nitrogens is 1. The minimum Gasteiger partial charge on any atom is -0.436 e. The summed E-state index contributed by atoms with van der Waals surface area (Å²) in [5, 5.41) is 0. The largest absolute Gasteiger partial charge is 0.436 e. The monoisotopic (exact) mass is 431 g/mol. The maximum atomic E-state index is 14.5. The summed E-state index contributed by atoms with van der Waals surface area (Å²) >= 11 is 0. The van der Waals surface area contributed by atoms with E-state index in [1.807, 2.05) is 0 Å². The highest BCUT2D eigenvalue weighted by atomic mass is 19.4. The van der Waals surface area contributed by atoms with Gasteiger partial charge in [-0.2, -0.15) is 22.0 Å². The maximum Gasteiger partial charge on any atom is 0.416 e. The van der Waals surface area contributed by atoms with E-state index in [4.69, 9.17) is 4.74 Å². The lowest BCUT2D eigenvalue weighted by molar-refractivity contribution is -0.137. The van der Waals surface area contributed by atoms with Crippen LogP contribution in [0.15, 0.2) is 48.5 Å². The van der Waals surface area contributed by atoms with Gasteiger partial charge in [-0.1, -0.05) is 18.2 Å². The van der Waals surface area contributed by atoms with Gasteiger partial charge in [0.15, 0.2) is 11.6 Å². The van der Waals surface area contributed by atoms with E-state index in [0.717, 1.165) is 37.3 Å². The molecule has 3 nitrogen and oxygen atoms in total. The molecule has 0 atom stereocenters. The first-order valence-electron chi connectivity index (χ1n) is 8.32. The van der Waals surface area contributed by atoms with Gasteiger partial charge in [0.1, 0.15) is 17.2 Å². The van der Waals surface area contributed by atoms with E-state index in [9.17, 15) is 30.7 Å². The van der Waals surface area contributed by atoms with Gasteiger partial charge in [0.25, 0.3) is 5.88 Å². The van der Waals surface area contributed by atoms with Gasteiger partial charge in [-0.15, -0.1) is 0 Å². The van der Waals surface area contributed by atoms with Gasteiger partial charge in [-0.25, -0.2) is 13.8 Å². The number of nitrogens with zero attached hydrogens (tertiary/aromatic N) is 1. The number of alkyl halides is 5. The summed E-state index contributed by atoms with van der Waals surface area (Å²) in [6, 6.07) is 8.32. The van der Waals surface area contributed by atoms with E-state index in [1.54, 1.807) is 0 Å². The van der Waals surface area contributed by atoms with Gasteiger partial charge >= 0.3 is 12.8 Å². The second-order valence-electron chi connectivity index (χ2n) is 6.05. The molecule has 2 aromatic carbocycles. The lowest BCUT2D eigenvalue weighted by Gasteiger charge is -2.13. The number of hydrogen-bond acceptors (Lipinski definition) is 3. The lowest BCUT2D eigenvalue weighted by Crippen LogP contribution is -2.05. The molecule has 0 aliphatic carbocycles. The third-order valence-corrected chi connectivity index (χ3v) is 4.00. The standard InChI is InChI=1S/C20H12F7NO2/c1-10-15(21)17(11-5-7-12(8-6-11)20(25,26)27)28-18(16(10)22)29-13-3-2-4-14(9-13)30-19(23)24/h2-9,19H,1H3. The topological polar surface area (TPSA) is 31.4 Å². The predicted molar refractivity (Wildman–Crippen MR) is 92.5 cm³/mol. The Morgan fingerprint density at radius 2 is 1.53 bits per heavy atom. The van der Waals surface area contributed by atoms with Crippen molar-refractivity contribution in [3.63, 3.8) is 0 Å². The van der Waals surface area contributed by atoms with Crippen LogP contribution in [0.25, 0.3) is 11.3 Å². The molecule has 3 aromatic rings. The van der Waals surface area contributed by atoms with Crippen molar-refractivity contribution in [2.75, 3.05) is 0 Å². The molecule has 1 aromatic heterocycles. The van der Waals surface area contributed by atoms with Crippen LogP contribution in [0.2, 0.25) is 0 Å². The maximum absolute atomic E-state index is 14.5. The molecule has 10 heteroatoms. The fourth-order valence-electron chi connectivity index (χ4n) is 2.54. The number of pyridine rings is 1. The van der Waals surface area contributed by atoms with Gasteiger partial charge in [0, 0.05) is 17.2 Å². The Kier molecular flexibility index (Phi) is 5.86. The SMILES string of the molecule is Cc1c(F)c(Oc2cccc(OC(F)F)c2)nc(-c2ccc(C(F)(F)F)cc2)c1F. The average Bonchev–Trinajstić information content (AvgIpc) is 2.68. The van der Waals surface area contributed by atoms with E-state index in [2.05, 4.69) is 9.72 Å². The predicted octanol–water partition coefficient (Wildman–Crippen LogP) is 6.75. The van der Waals surface area contributed by atoms with Crippen molar-refractivity contribution in [2.24, 2.45) is 0 Å². The Balaban J connectivity index is 1.99. The molecule has 0 spiro atoms. The fraction of sp³-hybridized carbons (Fsp3) is 0.150. The Hall–Kier alpha value is -3.30. The number of rotatable bonds is 5. The first-order valence-corrected chi connectivity index (χ1v) is 8.32. The van der Waals surface area contributed by atoms with E-state index in [1.165, 1.54) is 18.2 Å². The van der Waals surface area contributed by atoms with Gasteiger partial charge in [0.2, 0.25) is 0 Å². The van der Waals surface area contributed by atoms with Crippen molar-refractivity contribution in [1.82, 2.24) is 4.98 Å². The molecule has 0 saturated carbocycles. The highest BCUT2D eigenvalue weighted by Crippen LogP contribution is 2.35. The van der Waals surface area contributed by atoms with Crippen molar-refractivity contribution >= 4 is 0 Å². The molecule has 1 heterocycles. The first kappa shape index (κ1) is 21.4. The second-order valence-corrected chi connectivity index (χ2v) is 6.05. The minimum atomic E-state index is -4.58. The zero-order valence-electron chi connectivity index (χ0n) is 15.1. The molecule has 0 unspecified atom stereocenters. The van der Waals surface area contributed by atoms with Gasteiger partial charge in [-0.3, -0.25) is 0 Å². The summed E-state index contributed by atoms with van der Waals surface area (Å²) in [6.07, 6.45) is -4.58. The lowest BCUT2D eigenvalue weighted by atomic mass is 10.1. The van der Waals surface area contributed by atoms with Gasteiger partial charge in [0.05, 0.1) is 5.56 Å². The van der Waals surface area contributed by atoms with E-state index >= 15 is 0 Å². The molecule has 0 N–H and O–H groups in total. The number of benzene rings is 2. The normalized spacial score (nSPS) is 11.6. The summed E-state index contributed by atoms with van der Waals surface area (Å²) in [7, 11) is 0. The molecule has 0 aliphatic rings. The minimum absolute atomic E-state index is 0.0387. The highest BCUT2D eigenvalue weighted by Gasteiger charge is 2.30. The molecule has 0 fully saturated rings. The summed E-state index contributed by atoms with van der Waals surface area (Å²) in [6.45, 7) is -1.99. The van der Waals surface area contributed by atoms with Crippen molar-refractivity contribution in [3.05, 3.63) is 71.3 Å². The average molecular weight is 431 g/mol. The number of ether oxygens (including phenoxy) is 2. The molecular weight excluding hydrogens is 419 g/mol. The zero-order valence-corrected chi connectivity index (χ0v) is 15.1. The molecule has 0 amide bonds. The van der Waals surface area contributed by atoms with Crippen LogP contribution >= 0.6 is 0 Å². The first-order chi connectivity index (χ1) is 14.1. The Morgan fingerprint density at radius 3 is 2.13 bits per heavy atom. The second kappa shape index (κ2) is 8.21. The molecule has 158 valence electrons. The van der Waals surface area contributed by atoms with Crippen LogP contribution in [-0.2, 0) is 6.18 Å². The fourth-order valence-corrected chi connectivity index (χ4v) is 2.54. The van der Waals surface area contributed by atoms with Crippen molar-refractivity contribution in [1.29, 1.82) is 0 Å².